The molecule has 0 radical (unpaired) electrons. The van der Waals surface area contributed by atoms with Gasteiger partial charge >= 0.3 is 0 Å². The van der Waals surface area contributed by atoms with Crippen LogP contribution in [-0.4, -0.2) is 18.3 Å². The maximum absolute atomic E-state index is 11.2. The van der Waals surface area contributed by atoms with E-state index in [0.29, 0.717) is 16.8 Å². The maximum Gasteiger partial charge on any atom is 0.101 e. The van der Waals surface area contributed by atoms with E-state index in [1.54, 1.807) is 0 Å². The van der Waals surface area contributed by atoms with Gasteiger partial charge in [0.1, 0.15) is 12.1 Å². The van der Waals surface area contributed by atoms with Crippen molar-refractivity contribution >= 4 is 87.2 Å². The van der Waals surface area contributed by atoms with Crippen LogP contribution in [0.4, 0.5) is 0 Å². The fourth-order valence-corrected chi connectivity index (χ4v) is 10.4. The zero-order valence-corrected chi connectivity index (χ0v) is 33.2. The molecule has 0 saturated heterocycles. The van der Waals surface area contributed by atoms with Crippen LogP contribution in [-0.2, 0) is 0 Å². The fraction of sp³-hybridized carbons (Fsp3) is 0. The van der Waals surface area contributed by atoms with Crippen LogP contribution in [0.2, 0.25) is 0 Å². The van der Waals surface area contributed by atoms with Crippen molar-refractivity contribution in [2.75, 3.05) is 0 Å². The van der Waals surface area contributed by atoms with Crippen molar-refractivity contribution in [1.29, 1.82) is 10.5 Å². The van der Waals surface area contributed by atoms with Crippen molar-refractivity contribution in [2.24, 2.45) is 0 Å². The van der Waals surface area contributed by atoms with Crippen LogP contribution in [0.1, 0.15) is 11.1 Å². The highest BCUT2D eigenvalue weighted by atomic mass is 15.1. The second kappa shape index (κ2) is 12.8. The molecule has 0 unspecified atom stereocenters. The van der Waals surface area contributed by atoms with E-state index in [9.17, 15) is 10.5 Å². The highest BCUT2D eigenvalue weighted by Crippen LogP contribution is 2.44. The molecule has 0 aliphatic rings. The van der Waals surface area contributed by atoms with Gasteiger partial charge in [-0.05, 0) is 60.7 Å². The first kappa shape index (κ1) is 34.1. The summed E-state index contributed by atoms with van der Waals surface area (Å²) in [5.74, 6) is 0. The van der Waals surface area contributed by atoms with Crippen LogP contribution >= 0.6 is 0 Å². The van der Waals surface area contributed by atoms with E-state index in [0.717, 1.165) is 82.7 Å². The monoisotopic (exact) mass is 788 g/mol. The van der Waals surface area contributed by atoms with Crippen LogP contribution in [0.5, 0.6) is 0 Å². The Bertz CT molecular complexity index is 3770. The molecule has 13 aromatic rings. The molecule has 13 rings (SSSR count). The third-order valence-corrected chi connectivity index (χ3v) is 12.8. The highest BCUT2D eigenvalue weighted by Gasteiger charge is 2.26. The Balaban J connectivity index is 1.22. The molecule has 0 aliphatic carbocycles. The normalized spacial score (nSPS) is 11.8. The van der Waals surface area contributed by atoms with E-state index in [2.05, 4.69) is 188 Å². The highest BCUT2D eigenvalue weighted by molar-refractivity contribution is 6.18. The number of nitriles is 2. The van der Waals surface area contributed by atoms with Crippen molar-refractivity contribution in [2.45, 2.75) is 0 Å². The van der Waals surface area contributed by atoms with Crippen LogP contribution in [0.15, 0.2) is 194 Å². The van der Waals surface area contributed by atoms with E-state index in [4.69, 9.17) is 0 Å². The summed E-state index contributed by atoms with van der Waals surface area (Å²) < 4.78 is 9.13. The van der Waals surface area contributed by atoms with Crippen molar-refractivity contribution in [3.8, 4) is 34.9 Å². The van der Waals surface area contributed by atoms with E-state index in [1.165, 1.54) is 21.5 Å². The van der Waals surface area contributed by atoms with E-state index >= 15 is 0 Å². The second-order valence-electron chi connectivity index (χ2n) is 15.9. The summed E-state index contributed by atoms with van der Waals surface area (Å²) in [6, 6.07) is 72.9. The molecular formula is C56H32N6. The smallest absolute Gasteiger partial charge is 0.101 e. The lowest BCUT2D eigenvalue weighted by atomic mass is 10.1. The number of hydrogen-bond donors (Lipinski definition) is 0. The number of benzene rings is 9. The largest absolute Gasteiger partial charge is 0.307 e. The van der Waals surface area contributed by atoms with Gasteiger partial charge in [-0.15, -0.1) is 0 Å². The number of aromatic nitrogens is 4. The van der Waals surface area contributed by atoms with Gasteiger partial charge in [-0.3, -0.25) is 0 Å². The number of nitrogens with zero attached hydrogens (tertiary/aromatic N) is 6. The molecule has 0 fully saturated rings. The van der Waals surface area contributed by atoms with Gasteiger partial charge in [-0.1, -0.05) is 133 Å². The Labute approximate surface area is 354 Å². The quantitative estimate of drug-likeness (QED) is 0.178. The molecule has 0 atom stereocenters. The average Bonchev–Trinajstić information content (AvgIpc) is 4.06. The molecule has 62 heavy (non-hydrogen) atoms. The summed E-state index contributed by atoms with van der Waals surface area (Å²) in [5, 5.41) is 31.4. The molecule has 0 amide bonds. The molecule has 6 nitrogen and oxygen atoms in total. The topological polar surface area (TPSA) is 67.3 Å². The molecule has 0 spiro atoms. The first-order valence-electron chi connectivity index (χ1n) is 20.7. The molecule has 0 saturated carbocycles. The fourth-order valence-electron chi connectivity index (χ4n) is 10.4. The van der Waals surface area contributed by atoms with Gasteiger partial charge in [-0.25, -0.2) is 0 Å². The molecule has 6 heteroatoms. The van der Waals surface area contributed by atoms with E-state index in [-0.39, 0.29) is 0 Å². The third-order valence-electron chi connectivity index (χ3n) is 12.8. The van der Waals surface area contributed by atoms with Crippen molar-refractivity contribution < 1.29 is 0 Å². The first-order valence-corrected chi connectivity index (χ1v) is 20.7. The van der Waals surface area contributed by atoms with Crippen LogP contribution in [0, 0.1) is 22.7 Å². The standard InChI is InChI=1S/C56H32N6/c57-33-35-31-37(32-36(34-58)54(35)62-50-27-11-5-19-42(50)43-20-6-12-28-51(43)62)59-55-44(21-13-29-52(55)60-46-23-7-1-15-38(46)39-16-2-8-24-47(39)60)45-22-14-30-53(56(45)59)61-48-25-9-3-17-40(48)41-18-4-10-26-49(41)61/h1-32H. The summed E-state index contributed by atoms with van der Waals surface area (Å²) >= 11 is 0. The zero-order valence-electron chi connectivity index (χ0n) is 33.2. The minimum Gasteiger partial charge on any atom is -0.307 e. The van der Waals surface area contributed by atoms with Gasteiger partial charge in [0.25, 0.3) is 0 Å². The predicted molar refractivity (Wildman–Crippen MR) is 253 cm³/mol. The Hall–Kier alpha value is -8.84. The number of rotatable bonds is 4. The summed E-state index contributed by atoms with van der Waals surface area (Å²) in [6.45, 7) is 0. The van der Waals surface area contributed by atoms with Crippen LogP contribution in [0.25, 0.3) is 110 Å². The Kier molecular flexibility index (Phi) is 7.05. The summed E-state index contributed by atoms with van der Waals surface area (Å²) in [5.41, 5.74) is 12.3. The summed E-state index contributed by atoms with van der Waals surface area (Å²) in [7, 11) is 0. The number of hydrogen-bond acceptors (Lipinski definition) is 2. The summed E-state index contributed by atoms with van der Waals surface area (Å²) in [6.07, 6.45) is 0. The predicted octanol–water partition coefficient (Wildman–Crippen LogP) is 13.8. The summed E-state index contributed by atoms with van der Waals surface area (Å²) in [4.78, 5) is 0. The van der Waals surface area contributed by atoms with Gasteiger partial charge in [0, 0.05) is 48.8 Å². The molecule has 0 N–H and O–H groups in total. The second-order valence-corrected chi connectivity index (χ2v) is 15.9. The van der Waals surface area contributed by atoms with Crippen molar-refractivity contribution in [1.82, 2.24) is 18.3 Å². The van der Waals surface area contributed by atoms with Crippen LogP contribution in [0.3, 0.4) is 0 Å². The molecule has 0 bridgehead atoms. The Morgan fingerprint density at radius 2 is 0.581 bits per heavy atom. The van der Waals surface area contributed by atoms with E-state index in [1.807, 2.05) is 36.4 Å². The molecule has 4 heterocycles. The minimum absolute atomic E-state index is 0.407. The van der Waals surface area contributed by atoms with Gasteiger partial charge in [0.2, 0.25) is 0 Å². The van der Waals surface area contributed by atoms with Gasteiger partial charge in [0.15, 0.2) is 0 Å². The SMILES string of the molecule is N#Cc1cc(-n2c3c(-n4c5ccccc5c5ccccc54)cccc3c3cccc(-n4c5ccccc5c5ccccc54)c32)cc(C#N)c1-n1c2ccccc2c2ccccc21. The van der Waals surface area contributed by atoms with Crippen molar-refractivity contribution in [3.63, 3.8) is 0 Å². The number of fused-ring (bicyclic) bond motifs is 12. The zero-order chi connectivity index (χ0) is 41.1. The van der Waals surface area contributed by atoms with E-state index < -0.39 is 0 Å². The first-order chi connectivity index (χ1) is 30.7. The molecule has 286 valence electrons. The Morgan fingerprint density at radius 1 is 0.290 bits per heavy atom. The molecule has 9 aromatic carbocycles. The third kappa shape index (κ3) is 4.50. The lowest BCUT2D eigenvalue weighted by Crippen LogP contribution is -2.07. The molecule has 0 aliphatic heterocycles. The van der Waals surface area contributed by atoms with Crippen LogP contribution < -0.4 is 0 Å². The maximum atomic E-state index is 11.2. The Morgan fingerprint density at radius 3 is 0.903 bits per heavy atom. The molecule has 4 aromatic heterocycles. The lowest BCUT2D eigenvalue weighted by Gasteiger charge is -2.19. The van der Waals surface area contributed by atoms with Gasteiger partial charge < -0.3 is 18.3 Å². The average molecular weight is 789 g/mol. The number of para-hydroxylation sites is 8. The minimum atomic E-state index is 0.407. The molecular weight excluding hydrogens is 757 g/mol. The van der Waals surface area contributed by atoms with Gasteiger partial charge in [0.05, 0.1) is 72.3 Å². The van der Waals surface area contributed by atoms with Gasteiger partial charge in [-0.2, -0.15) is 10.5 Å². The van der Waals surface area contributed by atoms with Crippen molar-refractivity contribution in [3.05, 3.63) is 205 Å². The lowest BCUT2D eigenvalue weighted by molar-refractivity contribution is 1.09.